The monoisotopic (exact) mass is 548 g/mol. The first kappa shape index (κ1) is 24.4. The zero-order chi connectivity index (χ0) is 26.4. The van der Waals surface area contributed by atoms with Gasteiger partial charge in [-0.15, -0.1) is 13.2 Å². The lowest BCUT2D eigenvalue weighted by molar-refractivity contribution is -0.180. The lowest BCUT2D eigenvalue weighted by Crippen LogP contribution is -2.80. The van der Waals surface area contributed by atoms with Gasteiger partial charge in [0, 0.05) is 70.8 Å². The van der Waals surface area contributed by atoms with Gasteiger partial charge in [0.15, 0.2) is 11.1 Å². The molecule has 2 aromatic carbocycles. The van der Waals surface area contributed by atoms with E-state index in [-0.39, 0.29) is 23.9 Å². The summed E-state index contributed by atoms with van der Waals surface area (Å²) >= 11 is 13.4. The summed E-state index contributed by atoms with van der Waals surface area (Å²) in [6.45, 7) is 10.1. The van der Waals surface area contributed by atoms with Crippen LogP contribution in [0.4, 0.5) is 11.4 Å². The van der Waals surface area contributed by atoms with Gasteiger partial charge >= 0.3 is 0 Å². The first-order chi connectivity index (χ1) is 18.4. The second-order valence-corrected chi connectivity index (χ2v) is 11.8. The Bertz CT molecular complexity index is 1310. The normalized spacial score (nSPS) is 31.7. The molecule has 7 rings (SSSR count). The third kappa shape index (κ3) is 2.67. The van der Waals surface area contributed by atoms with Gasteiger partial charge in [-0.1, -0.05) is 35.4 Å². The number of benzene rings is 2. The van der Waals surface area contributed by atoms with Crippen molar-refractivity contribution in [3.8, 4) is 0 Å². The maximum atomic E-state index is 15.2. The number of rotatable bonds is 4. The molecule has 5 heterocycles. The highest BCUT2D eigenvalue weighted by molar-refractivity contribution is 6.32. The van der Waals surface area contributed by atoms with E-state index in [2.05, 4.69) is 23.0 Å². The number of halogens is 2. The van der Waals surface area contributed by atoms with Gasteiger partial charge in [0.1, 0.15) is 0 Å². The molecule has 6 nitrogen and oxygen atoms in total. The van der Waals surface area contributed by atoms with Crippen molar-refractivity contribution in [1.82, 2.24) is 9.80 Å². The zero-order valence-corrected chi connectivity index (χ0v) is 22.7. The fourth-order valence-corrected chi connectivity index (χ4v) is 8.76. The third-order valence-corrected chi connectivity index (χ3v) is 9.91. The zero-order valence-electron chi connectivity index (χ0n) is 21.2. The number of piperazine rings is 1. The molecule has 5 aliphatic rings. The molecule has 0 saturated carbocycles. The van der Waals surface area contributed by atoms with E-state index in [4.69, 9.17) is 23.2 Å². The van der Waals surface area contributed by atoms with Crippen LogP contribution < -0.4 is 9.80 Å². The molecule has 3 saturated heterocycles. The molecule has 2 aromatic rings. The number of fused-ring (bicyclic) bond motifs is 10. The fourth-order valence-electron chi connectivity index (χ4n) is 8.42. The average Bonchev–Trinajstić information content (AvgIpc) is 3.66. The molecule has 3 fully saturated rings. The van der Waals surface area contributed by atoms with Crippen molar-refractivity contribution in [2.45, 2.75) is 48.8 Å². The van der Waals surface area contributed by atoms with Crippen LogP contribution in [0.1, 0.15) is 36.8 Å². The summed E-state index contributed by atoms with van der Waals surface area (Å²) in [4.78, 5) is 38.7. The Hall–Kier alpha value is -2.64. The molecule has 0 unspecified atom stereocenters. The molecule has 0 N–H and O–H groups in total. The summed E-state index contributed by atoms with van der Waals surface area (Å²) in [6.07, 6.45) is 7.44. The van der Waals surface area contributed by atoms with Crippen molar-refractivity contribution in [2.24, 2.45) is 0 Å². The number of nitrogens with zero attached hydrogens (tertiary/aromatic N) is 4. The molecule has 8 heteroatoms. The van der Waals surface area contributed by atoms with Crippen LogP contribution in [-0.4, -0.2) is 59.9 Å². The maximum absolute atomic E-state index is 15.2. The van der Waals surface area contributed by atoms with Gasteiger partial charge in [-0.05, 0) is 62.1 Å². The maximum Gasteiger partial charge on any atom is 0.255 e. The summed E-state index contributed by atoms with van der Waals surface area (Å²) in [6, 6.07) is 11.7. The minimum Gasteiger partial charge on any atom is -0.306 e. The standard InChI is InChI=1S/C30H30Cl2N4O2/c1-3-13-33-23-11-9-19(31)17-21(23)29(27(33)37)30(36-16-6-8-26(36)25-7-5-15-35(25)29)22-18-20(32)10-12-24(22)34(14-4-2)28(30)38/h3-4,9-12,17-18,25-26H,1-2,5-8,13-16H2/t25-,26-,29-,30-/m0/s1. The first-order valence-corrected chi connectivity index (χ1v) is 14.2. The highest BCUT2D eigenvalue weighted by atomic mass is 35.5. The predicted molar refractivity (Wildman–Crippen MR) is 151 cm³/mol. The number of hydrogen-bond acceptors (Lipinski definition) is 4. The molecule has 0 aromatic heterocycles. The van der Waals surface area contributed by atoms with Crippen LogP contribution in [0.25, 0.3) is 0 Å². The summed E-state index contributed by atoms with van der Waals surface area (Å²) in [7, 11) is 0. The minimum absolute atomic E-state index is 0.0911. The number of amides is 2. The van der Waals surface area contributed by atoms with Crippen molar-refractivity contribution in [1.29, 1.82) is 0 Å². The second-order valence-electron chi connectivity index (χ2n) is 11.0. The largest absolute Gasteiger partial charge is 0.306 e. The molecule has 38 heavy (non-hydrogen) atoms. The lowest BCUT2D eigenvalue weighted by atomic mass is 9.64. The minimum atomic E-state index is -1.29. The van der Waals surface area contributed by atoms with Crippen molar-refractivity contribution >= 4 is 46.4 Å². The molecular weight excluding hydrogens is 519 g/mol. The molecule has 0 bridgehead atoms. The number of hydrogen-bond donors (Lipinski definition) is 0. The predicted octanol–water partition coefficient (Wildman–Crippen LogP) is 5.09. The summed E-state index contributed by atoms with van der Waals surface area (Å²) in [5.41, 5.74) is 0.610. The lowest BCUT2D eigenvalue weighted by Gasteiger charge is -2.61. The van der Waals surface area contributed by atoms with Crippen LogP contribution in [0.3, 0.4) is 0 Å². The Morgan fingerprint density at radius 1 is 0.763 bits per heavy atom. The van der Waals surface area contributed by atoms with Gasteiger partial charge in [0.05, 0.1) is 0 Å². The van der Waals surface area contributed by atoms with Crippen molar-refractivity contribution in [2.75, 3.05) is 36.0 Å². The van der Waals surface area contributed by atoms with Crippen LogP contribution in [-0.2, 0) is 20.7 Å². The van der Waals surface area contributed by atoms with E-state index in [1.54, 1.807) is 22.0 Å². The van der Waals surface area contributed by atoms with E-state index < -0.39 is 11.1 Å². The molecule has 5 aliphatic heterocycles. The third-order valence-electron chi connectivity index (χ3n) is 9.44. The summed E-state index contributed by atoms with van der Waals surface area (Å²) in [5, 5.41) is 1.09. The average molecular weight is 550 g/mol. The Morgan fingerprint density at radius 2 is 1.18 bits per heavy atom. The smallest absolute Gasteiger partial charge is 0.255 e. The SMILES string of the molecule is C=CCN1C(=O)[C@]2(c3cc(Cl)ccc31)N1CCC[C@H]1[C@@H]1CCCN1[C@@]21C(=O)N(CC=C)c2ccc(Cl)cc21. The van der Waals surface area contributed by atoms with Gasteiger partial charge in [-0.2, -0.15) is 0 Å². The Labute approximate surface area is 233 Å². The van der Waals surface area contributed by atoms with E-state index in [0.29, 0.717) is 23.1 Å². The molecule has 2 amide bonds. The van der Waals surface area contributed by atoms with Crippen molar-refractivity contribution < 1.29 is 9.59 Å². The van der Waals surface area contributed by atoms with Crippen LogP contribution in [0, 0.1) is 0 Å². The van der Waals surface area contributed by atoms with E-state index in [9.17, 15) is 0 Å². The van der Waals surface area contributed by atoms with Crippen LogP contribution in [0.5, 0.6) is 0 Å². The number of carbonyl (C=O) groups is 2. The Morgan fingerprint density at radius 3 is 1.58 bits per heavy atom. The molecule has 196 valence electrons. The topological polar surface area (TPSA) is 47.1 Å². The molecule has 0 aliphatic carbocycles. The van der Waals surface area contributed by atoms with Crippen LogP contribution in [0.2, 0.25) is 10.0 Å². The molecule has 4 atom stereocenters. The first-order valence-electron chi connectivity index (χ1n) is 13.4. The van der Waals surface area contributed by atoms with Crippen LogP contribution >= 0.6 is 23.2 Å². The van der Waals surface area contributed by atoms with Gasteiger partial charge in [0.2, 0.25) is 0 Å². The number of anilines is 2. The van der Waals surface area contributed by atoms with Gasteiger partial charge in [-0.3, -0.25) is 19.4 Å². The summed E-state index contributed by atoms with van der Waals surface area (Å²) in [5.74, 6) is -0.182. The van der Waals surface area contributed by atoms with E-state index in [1.807, 2.05) is 36.4 Å². The van der Waals surface area contributed by atoms with E-state index in [0.717, 1.165) is 61.3 Å². The molecule has 2 spiro atoms. The van der Waals surface area contributed by atoms with E-state index >= 15 is 9.59 Å². The Kier molecular flexibility index (Phi) is 5.41. The Balaban J connectivity index is 1.65. The quantitative estimate of drug-likeness (QED) is 0.499. The highest BCUT2D eigenvalue weighted by Gasteiger charge is 2.79. The van der Waals surface area contributed by atoms with Gasteiger partial charge in [-0.25, -0.2) is 0 Å². The fraction of sp³-hybridized carbons (Fsp3) is 0.400. The highest BCUT2D eigenvalue weighted by Crippen LogP contribution is 2.66. The summed E-state index contributed by atoms with van der Waals surface area (Å²) < 4.78 is 0. The van der Waals surface area contributed by atoms with Crippen LogP contribution in [0.15, 0.2) is 61.7 Å². The van der Waals surface area contributed by atoms with E-state index in [1.165, 1.54) is 0 Å². The molecular formula is C30H30Cl2N4O2. The van der Waals surface area contributed by atoms with Crippen molar-refractivity contribution in [3.05, 3.63) is 82.9 Å². The molecule has 0 radical (unpaired) electrons. The van der Waals surface area contributed by atoms with Crippen molar-refractivity contribution in [3.63, 3.8) is 0 Å². The second kappa shape index (κ2) is 8.43. The number of carbonyl (C=O) groups excluding carboxylic acids is 2. The van der Waals surface area contributed by atoms with Gasteiger partial charge in [0.25, 0.3) is 11.8 Å². The van der Waals surface area contributed by atoms with Gasteiger partial charge < -0.3 is 9.80 Å².